The van der Waals surface area contributed by atoms with Crippen LogP contribution in [0.5, 0.6) is 0 Å². The van der Waals surface area contributed by atoms with Crippen molar-refractivity contribution >= 4 is 11.6 Å². The Labute approximate surface area is 90.2 Å². The molecule has 0 bridgehead atoms. The second kappa shape index (κ2) is 5.32. The summed E-state index contributed by atoms with van der Waals surface area (Å²) in [5, 5.41) is 0. The summed E-state index contributed by atoms with van der Waals surface area (Å²) in [6, 6.07) is 7.63. The Bertz CT molecular complexity index is 372. The Morgan fingerprint density at radius 2 is 2.13 bits per heavy atom. The third kappa shape index (κ3) is 2.67. The summed E-state index contributed by atoms with van der Waals surface area (Å²) in [6.07, 6.45) is 3.26. The molecule has 0 radical (unpaired) electrons. The number of anilines is 1. The molecule has 0 heterocycles. The Hall–Kier alpha value is -1.61. The largest absolute Gasteiger partial charge is 0.326 e. The Morgan fingerprint density at radius 1 is 1.47 bits per heavy atom. The SMILES string of the molecule is C/C=C/C(=O)N(C)c1ccccc1CN. The third-order valence-electron chi connectivity index (χ3n) is 2.21. The standard InChI is InChI=1S/C12H16N2O/c1-3-6-12(15)14(2)11-8-5-4-7-10(11)9-13/h3-8H,9,13H2,1-2H3/b6-3+. The van der Waals surface area contributed by atoms with Gasteiger partial charge in [-0.05, 0) is 24.6 Å². The molecule has 0 aliphatic rings. The van der Waals surface area contributed by atoms with E-state index >= 15 is 0 Å². The van der Waals surface area contributed by atoms with Crippen LogP contribution < -0.4 is 10.6 Å². The second-order valence-electron chi connectivity index (χ2n) is 3.23. The first-order valence-electron chi connectivity index (χ1n) is 4.89. The number of amides is 1. The molecule has 1 amide bonds. The predicted molar refractivity (Wildman–Crippen MR) is 62.6 cm³/mol. The maximum atomic E-state index is 11.6. The van der Waals surface area contributed by atoms with Gasteiger partial charge in [-0.3, -0.25) is 4.79 Å². The lowest BCUT2D eigenvalue weighted by Gasteiger charge is -2.18. The first kappa shape index (κ1) is 11.5. The molecule has 1 aromatic carbocycles. The lowest BCUT2D eigenvalue weighted by Crippen LogP contribution is -2.25. The molecule has 1 aromatic rings. The number of allylic oxidation sites excluding steroid dienone is 1. The van der Waals surface area contributed by atoms with Gasteiger partial charge in [-0.25, -0.2) is 0 Å². The van der Waals surface area contributed by atoms with Gasteiger partial charge in [0.2, 0.25) is 5.91 Å². The summed E-state index contributed by atoms with van der Waals surface area (Å²) in [7, 11) is 1.75. The van der Waals surface area contributed by atoms with E-state index in [-0.39, 0.29) is 5.91 Å². The summed E-state index contributed by atoms with van der Waals surface area (Å²) < 4.78 is 0. The van der Waals surface area contributed by atoms with E-state index in [1.165, 1.54) is 6.08 Å². The number of likely N-dealkylation sites (N-methyl/N-ethyl adjacent to an activating group) is 1. The molecule has 3 heteroatoms. The number of carbonyl (C=O) groups excluding carboxylic acids is 1. The zero-order valence-electron chi connectivity index (χ0n) is 9.10. The second-order valence-corrected chi connectivity index (χ2v) is 3.23. The van der Waals surface area contributed by atoms with Gasteiger partial charge in [0.15, 0.2) is 0 Å². The fraction of sp³-hybridized carbons (Fsp3) is 0.250. The monoisotopic (exact) mass is 204 g/mol. The number of nitrogens with two attached hydrogens (primary N) is 1. The number of para-hydroxylation sites is 1. The van der Waals surface area contributed by atoms with E-state index in [1.54, 1.807) is 18.0 Å². The molecule has 1 rings (SSSR count). The van der Waals surface area contributed by atoms with E-state index in [0.29, 0.717) is 6.54 Å². The third-order valence-corrected chi connectivity index (χ3v) is 2.21. The van der Waals surface area contributed by atoms with Gasteiger partial charge in [-0.2, -0.15) is 0 Å². The van der Waals surface area contributed by atoms with Crippen LogP contribution in [0.15, 0.2) is 36.4 Å². The average Bonchev–Trinajstić information content (AvgIpc) is 2.28. The molecular weight excluding hydrogens is 188 g/mol. The van der Waals surface area contributed by atoms with Crippen LogP contribution in [0.4, 0.5) is 5.69 Å². The lowest BCUT2D eigenvalue weighted by molar-refractivity contribution is -0.113. The minimum atomic E-state index is -0.0431. The highest BCUT2D eigenvalue weighted by Crippen LogP contribution is 2.18. The molecule has 0 aromatic heterocycles. The minimum absolute atomic E-state index is 0.0431. The highest BCUT2D eigenvalue weighted by molar-refractivity contribution is 6.01. The summed E-state index contributed by atoms with van der Waals surface area (Å²) in [6.45, 7) is 2.25. The fourth-order valence-corrected chi connectivity index (χ4v) is 1.38. The van der Waals surface area contributed by atoms with Crippen molar-refractivity contribution in [1.82, 2.24) is 0 Å². The van der Waals surface area contributed by atoms with Crippen molar-refractivity contribution < 1.29 is 4.79 Å². The molecule has 0 aliphatic carbocycles. The van der Waals surface area contributed by atoms with Gasteiger partial charge in [0, 0.05) is 19.3 Å². The van der Waals surface area contributed by atoms with Gasteiger partial charge < -0.3 is 10.6 Å². The van der Waals surface area contributed by atoms with Gasteiger partial charge >= 0.3 is 0 Å². The van der Waals surface area contributed by atoms with E-state index in [9.17, 15) is 4.79 Å². The Morgan fingerprint density at radius 3 is 2.73 bits per heavy atom. The molecule has 0 saturated heterocycles. The first-order valence-corrected chi connectivity index (χ1v) is 4.89. The van der Waals surface area contributed by atoms with E-state index in [0.717, 1.165) is 11.3 Å². The minimum Gasteiger partial charge on any atom is -0.326 e. The normalized spacial score (nSPS) is 10.6. The molecule has 0 unspecified atom stereocenters. The smallest absolute Gasteiger partial charge is 0.250 e. The van der Waals surface area contributed by atoms with Gasteiger partial charge in [0.25, 0.3) is 0 Å². The maximum Gasteiger partial charge on any atom is 0.250 e. The van der Waals surface area contributed by atoms with E-state index in [4.69, 9.17) is 5.73 Å². The van der Waals surface area contributed by atoms with Crippen LogP contribution in [0, 0.1) is 0 Å². The predicted octanol–water partition coefficient (Wildman–Crippen LogP) is 1.68. The van der Waals surface area contributed by atoms with Gasteiger partial charge in [-0.1, -0.05) is 24.3 Å². The van der Waals surface area contributed by atoms with E-state index in [1.807, 2.05) is 31.2 Å². The van der Waals surface area contributed by atoms with Crippen LogP contribution in [0.1, 0.15) is 12.5 Å². The molecule has 0 spiro atoms. The van der Waals surface area contributed by atoms with Gasteiger partial charge in [0.1, 0.15) is 0 Å². The Balaban J connectivity index is 2.99. The molecule has 0 aliphatic heterocycles. The quantitative estimate of drug-likeness (QED) is 0.761. The van der Waals surface area contributed by atoms with Gasteiger partial charge in [0.05, 0.1) is 0 Å². The summed E-state index contributed by atoms with van der Waals surface area (Å²) in [5.41, 5.74) is 7.44. The van der Waals surface area contributed by atoms with Crippen molar-refractivity contribution in [3.05, 3.63) is 42.0 Å². The number of hydrogen-bond acceptors (Lipinski definition) is 2. The van der Waals surface area contributed by atoms with Crippen LogP contribution in [0.25, 0.3) is 0 Å². The zero-order chi connectivity index (χ0) is 11.3. The number of benzene rings is 1. The van der Waals surface area contributed by atoms with Crippen LogP contribution in [-0.4, -0.2) is 13.0 Å². The highest BCUT2D eigenvalue weighted by Gasteiger charge is 2.10. The van der Waals surface area contributed by atoms with Crippen LogP contribution >= 0.6 is 0 Å². The fourth-order valence-electron chi connectivity index (χ4n) is 1.38. The van der Waals surface area contributed by atoms with Crippen molar-refractivity contribution in [2.24, 2.45) is 5.73 Å². The molecule has 2 N–H and O–H groups in total. The molecule has 80 valence electrons. The molecule has 0 saturated carbocycles. The lowest BCUT2D eigenvalue weighted by atomic mass is 10.1. The zero-order valence-corrected chi connectivity index (χ0v) is 9.10. The highest BCUT2D eigenvalue weighted by atomic mass is 16.2. The van der Waals surface area contributed by atoms with E-state index < -0.39 is 0 Å². The number of rotatable bonds is 3. The van der Waals surface area contributed by atoms with Crippen LogP contribution in [-0.2, 0) is 11.3 Å². The van der Waals surface area contributed by atoms with Gasteiger partial charge in [-0.15, -0.1) is 0 Å². The summed E-state index contributed by atoms with van der Waals surface area (Å²) in [5.74, 6) is -0.0431. The van der Waals surface area contributed by atoms with Crippen molar-refractivity contribution in [3.8, 4) is 0 Å². The molecule has 3 nitrogen and oxygen atoms in total. The Kier molecular flexibility index (Phi) is 4.06. The van der Waals surface area contributed by atoms with Crippen LogP contribution in [0.2, 0.25) is 0 Å². The van der Waals surface area contributed by atoms with Crippen molar-refractivity contribution in [2.45, 2.75) is 13.5 Å². The van der Waals surface area contributed by atoms with Crippen molar-refractivity contribution in [2.75, 3.05) is 11.9 Å². The average molecular weight is 204 g/mol. The van der Waals surface area contributed by atoms with Crippen molar-refractivity contribution in [3.63, 3.8) is 0 Å². The molecule has 15 heavy (non-hydrogen) atoms. The number of hydrogen-bond donors (Lipinski definition) is 1. The maximum absolute atomic E-state index is 11.6. The van der Waals surface area contributed by atoms with Crippen LogP contribution in [0.3, 0.4) is 0 Å². The topological polar surface area (TPSA) is 46.3 Å². The number of carbonyl (C=O) groups is 1. The molecule has 0 atom stereocenters. The van der Waals surface area contributed by atoms with Crippen molar-refractivity contribution in [1.29, 1.82) is 0 Å². The van der Waals surface area contributed by atoms with E-state index in [2.05, 4.69) is 0 Å². The number of nitrogens with zero attached hydrogens (tertiary/aromatic N) is 1. The molecular formula is C12H16N2O. The first-order chi connectivity index (χ1) is 7.20. The summed E-state index contributed by atoms with van der Waals surface area (Å²) >= 11 is 0. The summed E-state index contributed by atoms with van der Waals surface area (Å²) in [4.78, 5) is 13.2. The molecule has 0 fully saturated rings.